The minimum Gasteiger partial charge on any atom is -0.444 e. The Morgan fingerprint density at radius 3 is 2.46 bits per heavy atom. The van der Waals surface area contributed by atoms with Crippen LogP contribution in [-0.2, 0) is 18.3 Å². The van der Waals surface area contributed by atoms with E-state index in [4.69, 9.17) is 4.74 Å². The maximum absolute atomic E-state index is 12.5. The first-order valence-corrected chi connectivity index (χ1v) is 8.92. The summed E-state index contributed by atoms with van der Waals surface area (Å²) < 4.78 is 7.46. The fraction of sp³-hybridized carbons (Fsp3) is 0.778. The molecule has 134 valence electrons. The molecule has 6 nitrogen and oxygen atoms in total. The van der Waals surface area contributed by atoms with Crippen LogP contribution in [0.4, 0.5) is 4.79 Å². The van der Waals surface area contributed by atoms with Gasteiger partial charge in [0.15, 0.2) is 0 Å². The molecule has 0 spiro atoms. The van der Waals surface area contributed by atoms with Crippen molar-refractivity contribution in [1.82, 2.24) is 19.6 Å². The van der Waals surface area contributed by atoms with Gasteiger partial charge in [0.05, 0.1) is 6.20 Å². The van der Waals surface area contributed by atoms with Gasteiger partial charge in [-0.05, 0) is 53.5 Å². The molecular weight excluding hydrogens is 304 g/mol. The van der Waals surface area contributed by atoms with Gasteiger partial charge in [-0.2, -0.15) is 5.10 Å². The number of hydrogen-bond donors (Lipinski definition) is 0. The van der Waals surface area contributed by atoms with Crippen molar-refractivity contribution in [3.05, 3.63) is 18.0 Å². The number of carbonyl (C=O) groups is 1. The van der Waals surface area contributed by atoms with E-state index in [0.717, 1.165) is 32.2 Å². The molecule has 0 saturated carbocycles. The van der Waals surface area contributed by atoms with Crippen molar-refractivity contribution in [2.75, 3.05) is 7.05 Å². The van der Waals surface area contributed by atoms with Gasteiger partial charge < -0.3 is 9.64 Å². The van der Waals surface area contributed by atoms with Crippen LogP contribution in [0.3, 0.4) is 0 Å². The predicted octanol–water partition coefficient (Wildman–Crippen LogP) is 2.78. The Hall–Kier alpha value is -1.56. The Balaban J connectivity index is 1.61. The lowest BCUT2D eigenvalue weighted by molar-refractivity contribution is -0.00277. The van der Waals surface area contributed by atoms with Crippen LogP contribution < -0.4 is 0 Å². The van der Waals surface area contributed by atoms with Crippen LogP contribution in [0.25, 0.3) is 0 Å². The third kappa shape index (κ3) is 3.74. The standard InChI is InChI=1S/C18H30N4O2/c1-18(2,3)24-17(23)22-14-6-7-15(22)9-16(8-14)20(4)11-13-10-19-21(5)12-13/h10,12,14-16H,6-9,11H2,1-5H3. The van der Waals surface area contributed by atoms with Crippen molar-refractivity contribution in [1.29, 1.82) is 0 Å². The highest BCUT2D eigenvalue weighted by molar-refractivity contribution is 5.69. The van der Waals surface area contributed by atoms with Gasteiger partial charge in [0.1, 0.15) is 5.60 Å². The summed E-state index contributed by atoms with van der Waals surface area (Å²) in [6.07, 6.45) is 8.13. The van der Waals surface area contributed by atoms with Gasteiger partial charge in [-0.15, -0.1) is 0 Å². The van der Waals surface area contributed by atoms with E-state index in [2.05, 4.69) is 23.2 Å². The molecule has 2 bridgehead atoms. The van der Waals surface area contributed by atoms with Crippen LogP contribution >= 0.6 is 0 Å². The van der Waals surface area contributed by atoms with Gasteiger partial charge in [-0.25, -0.2) is 4.79 Å². The summed E-state index contributed by atoms with van der Waals surface area (Å²) in [6, 6.07) is 1.15. The van der Waals surface area contributed by atoms with E-state index in [1.54, 1.807) is 0 Å². The number of ether oxygens (including phenoxy) is 1. The highest BCUT2D eigenvalue weighted by atomic mass is 16.6. The van der Waals surface area contributed by atoms with Gasteiger partial charge in [0.25, 0.3) is 0 Å². The first-order valence-electron chi connectivity index (χ1n) is 8.92. The van der Waals surface area contributed by atoms with Crippen molar-refractivity contribution in [3.8, 4) is 0 Å². The molecule has 24 heavy (non-hydrogen) atoms. The Labute approximate surface area is 144 Å². The summed E-state index contributed by atoms with van der Waals surface area (Å²) >= 11 is 0. The van der Waals surface area contributed by atoms with Gasteiger partial charge in [0.2, 0.25) is 0 Å². The summed E-state index contributed by atoms with van der Waals surface area (Å²) in [4.78, 5) is 16.9. The summed E-state index contributed by atoms with van der Waals surface area (Å²) in [5, 5.41) is 4.25. The van der Waals surface area contributed by atoms with Gasteiger partial charge in [-0.3, -0.25) is 9.58 Å². The molecule has 3 rings (SSSR count). The molecule has 2 fully saturated rings. The average molecular weight is 334 g/mol. The second kappa shape index (κ2) is 6.39. The lowest BCUT2D eigenvalue weighted by Gasteiger charge is -2.42. The molecule has 2 atom stereocenters. The van der Waals surface area contributed by atoms with Crippen LogP contribution in [0.15, 0.2) is 12.4 Å². The number of hydrogen-bond acceptors (Lipinski definition) is 4. The van der Waals surface area contributed by atoms with E-state index in [1.165, 1.54) is 5.56 Å². The monoisotopic (exact) mass is 334 g/mol. The molecule has 2 aliphatic heterocycles. The quantitative estimate of drug-likeness (QED) is 0.853. The smallest absolute Gasteiger partial charge is 0.410 e. The molecule has 2 saturated heterocycles. The molecule has 3 heterocycles. The molecule has 1 amide bonds. The summed E-state index contributed by atoms with van der Waals surface area (Å²) in [5.74, 6) is 0. The molecular formula is C18H30N4O2. The van der Waals surface area contributed by atoms with E-state index < -0.39 is 5.60 Å². The zero-order valence-electron chi connectivity index (χ0n) is 15.5. The minimum absolute atomic E-state index is 0.136. The number of nitrogens with zero attached hydrogens (tertiary/aromatic N) is 4. The molecule has 0 radical (unpaired) electrons. The third-order valence-corrected chi connectivity index (χ3v) is 5.13. The Bertz CT molecular complexity index is 578. The summed E-state index contributed by atoms with van der Waals surface area (Å²) in [7, 11) is 4.13. The van der Waals surface area contributed by atoms with E-state index in [0.29, 0.717) is 18.1 Å². The maximum Gasteiger partial charge on any atom is 0.410 e. The molecule has 6 heteroatoms. The SMILES string of the molecule is CN(Cc1cnn(C)c1)C1CC2CCC(C1)N2C(=O)OC(C)(C)C. The molecule has 1 aromatic heterocycles. The predicted molar refractivity (Wildman–Crippen MR) is 92.6 cm³/mol. The summed E-state index contributed by atoms with van der Waals surface area (Å²) in [5.41, 5.74) is 0.812. The number of rotatable bonds is 3. The molecule has 2 unspecified atom stereocenters. The minimum atomic E-state index is -0.426. The fourth-order valence-corrected chi connectivity index (χ4v) is 4.09. The van der Waals surface area contributed by atoms with Crippen molar-refractivity contribution in [2.45, 2.75) is 76.7 Å². The largest absolute Gasteiger partial charge is 0.444 e. The van der Waals surface area contributed by atoms with Crippen LogP contribution in [0.1, 0.15) is 52.0 Å². The van der Waals surface area contributed by atoms with E-state index in [9.17, 15) is 4.79 Å². The van der Waals surface area contributed by atoms with Crippen molar-refractivity contribution < 1.29 is 9.53 Å². The van der Waals surface area contributed by atoms with E-state index in [-0.39, 0.29) is 6.09 Å². The molecule has 0 aromatic carbocycles. The zero-order valence-corrected chi connectivity index (χ0v) is 15.5. The normalized spacial score (nSPS) is 26.9. The number of aryl methyl sites for hydroxylation is 1. The average Bonchev–Trinajstić information content (AvgIpc) is 2.98. The second-order valence-electron chi connectivity index (χ2n) is 8.34. The van der Waals surface area contributed by atoms with E-state index in [1.807, 2.05) is 43.6 Å². The molecule has 0 aliphatic carbocycles. The molecule has 2 aliphatic rings. The Morgan fingerprint density at radius 1 is 1.33 bits per heavy atom. The van der Waals surface area contributed by atoms with Gasteiger partial charge in [-0.1, -0.05) is 0 Å². The highest BCUT2D eigenvalue weighted by Gasteiger charge is 2.45. The van der Waals surface area contributed by atoms with Gasteiger partial charge >= 0.3 is 6.09 Å². The lowest BCUT2D eigenvalue weighted by atomic mass is 9.96. The Morgan fingerprint density at radius 2 is 1.96 bits per heavy atom. The van der Waals surface area contributed by atoms with Crippen molar-refractivity contribution >= 4 is 6.09 Å². The van der Waals surface area contributed by atoms with Crippen LogP contribution in [0.5, 0.6) is 0 Å². The first kappa shape index (κ1) is 17.3. The van der Waals surface area contributed by atoms with Crippen LogP contribution in [-0.4, -0.2) is 56.4 Å². The van der Waals surface area contributed by atoms with Crippen molar-refractivity contribution in [2.24, 2.45) is 7.05 Å². The number of carbonyl (C=O) groups excluding carboxylic acids is 1. The Kier molecular flexibility index (Phi) is 4.60. The lowest BCUT2D eigenvalue weighted by Crippen LogP contribution is -2.52. The highest BCUT2D eigenvalue weighted by Crippen LogP contribution is 2.38. The number of piperidine rings is 1. The summed E-state index contributed by atoms with van der Waals surface area (Å²) in [6.45, 7) is 6.70. The second-order valence-corrected chi connectivity index (χ2v) is 8.34. The fourth-order valence-electron chi connectivity index (χ4n) is 4.09. The van der Waals surface area contributed by atoms with Gasteiger partial charge in [0, 0.05) is 43.5 Å². The maximum atomic E-state index is 12.5. The topological polar surface area (TPSA) is 50.6 Å². The third-order valence-electron chi connectivity index (χ3n) is 5.13. The van der Waals surface area contributed by atoms with Crippen molar-refractivity contribution in [3.63, 3.8) is 0 Å². The molecule has 1 aromatic rings. The first-order chi connectivity index (χ1) is 11.2. The van der Waals surface area contributed by atoms with Crippen LogP contribution in [0, 0.1) is 0 Å². The number of fused-ring (bicyclic) bond motifs is 2. The number of aromatic nitrogens is 2. The van der Waals surface area contributed by atoms with E-state index >= 15 is 0 Å². The number of amides is 1. The zero-order chi connectivity index (χ0) is 17.5. The molecule has 0 N–H and O–H groups in total. The van der Waals surface area contributed by atoms with Crippen LogP contribution in [0.2, 0.25) is 0 Å².